The fraction of sp³-hybridized carbons (Fsp3) is 0.133. The maximum atomic E-state index is 10.7. The molecular weight excluding hydrogens is 254 g/mol. The Bertz CT molecular complexity index is 645. The van der Waals surface area contributed by atoms with E-state index in [1.165, 1.54) is 0 Å². The summed E-state index contributed by atoms with van der Waals surface area (Å²) >= 11 is 0. The Balaban J connectivity index is 1.93. The van der Waals surface area contributed by atoms with Crippen LogP contribution in [0.4, 0.5) is 5.82 Å². The summed E-state index contributed by atoms with van der Waals surface area (Å²) in [5.41, 5.74) is 1.81. The first-order valence-electron chi connectivity index (χ1n) is 6.12. The van der Waals surface area contributed by atoms with Crippen LogP contribution in [0.1, 0.15) is 21.5 Å². The van der Waals surface area contributed by atoms with Crippen molar-refractivity contribution in [2.75, 3.05) is 11.9 Å². The van der Waals surface area contributed by atoms with E-state index >= 15 is 0 Å². The molecule has 2 rings (SSSR count). The van der Waals surface area contributed by atoms with Gasteiger partial charge in [0.25, 0.3) is 0 Å². The first kappa shape index (κ1) is 13.6. The standard InChI is InChI=1S/C15H13N3O2/c16-10-13-2-1-8-17-14(13)18-9-7-11-3-5-12(6-4-11)15(19)20/h1-6,8H,7,9H2,(H,17,18)(H,19,20). The molecule has 20 heavy (non-hydrogen) atoms. The number of rotatable bonds is 5. The van der Waals surface area contributed by atoms with Crippen molar-refractivity contribution in [2.24, 2.45) is 0 Å². The zero-order valence-corrected chi connectivity index (χ0v) is 10.7. The molecule has 1 aromatic heterocycles. The molecule has 2 aromatic rings. The highest BCUT2D eigenvalue weighted by Crippen LogP contribution is 2.10. The summed E-state index contributed by atoms with van der Waals surface area (Å²) in [6.45, 7) is 0.623. The minimum absolute atomic E-state index is 0.276. The Hall–Kier alpha value is -2.87. The number of nitrogens with one attached hydrogen (secondary N) is 1. The van der Waals surface area contributed by atoms with E-state index in [2.05, 4.69) is 16.4 Å². The molecule has 0 aliphatic carbocycles. The van der Waals surface area contributed by atoms with E-state index in [0.29, 0.717) is 17.9 Å². The summed E-state index contributed by atoms with van der Waals surface area (Å²) in [7, 11) is 0. The van der Waals surface area contributed by atoms with Crippen molar-refractivity contribution in [1.82, 2.24) is 4.98 Å². The van der Waals surface area contributed by atoms with Crippen LogP contribution in [0.15, 0.2) is 42.6 Å². The highest BCUT2D eigenvalue weighted by Gasteiger charge is 2.03. The number of nitrogens with zero attached hydrogens (tertiary/aromatic N) is 2. The largest absolute Gasteiger partial charge is 0.478 e. The number of aromatic nitrogens is 1. The van der Waals surface area contributed by atoms with Crippen LogP contribution in [0.5, 0.6) is 0 Å². The van der Waals surface area contributed by atoms with Crippen LogP contribution >= 0.6 is 0 Å². The average Bonchev–Trinajstić information content (AvgIpc) is 2.48. The van der Waals surface area contributed by atoms with E-state index in [4.69, 9.17) is 10.4 Å². The lowest BCUT2D eigenvalue weighted by atomic mass is 10.1. The molecule has 0 unspecified atom stereocenters. The van der Waals surface area contributed by atoms with Crippen molar-refractivity contribution < 1.29 is 9.90 Å². The topological polar surface area (TPSA) is 86.0 Å². The molecule has 0 bridgehead atoms. The molecule has 100 valence electrons. The molecule has 1 aromatic carbocycles. The van der Waals surface area contributed by atoms with Gasteiger partial charge in [-0.05, 0) is 36.2 Å². The van der Waals surface area contributed by atoms with Crippen LogP contribution in [0.3, 0.4) is 0 Å². The Morgan fingerprint density at radius 2 is 2.05 bits per heavy atom. The number of nitriles is 1. The van der Waals surface area contributed by atoms with Crippen molar-refractivity contribution in [3.8, 4) is 6.07 Å². The van der Waals surface area contributed by atoms with E-state index in [9.17, 15) is 4.79 Å². The van der Waals surface area contributed by atoms with Crippen LogP contribution in [0.25, 0.3) is 0 Å². The second-order valence-electron chi connectivity index (χ2n) is 4.19. The second-order valence-corrected chi connectivity index (χ2v) is 4.19. The molecule has 1 heterocycles. The highest BCUT2D eigenvalue weighted by molar-refractivity contribution is 5.87. The summed E-state index contributed by atoms with van der Waals surface area (Å²) < 4.78 is 0. The molecule has 0 saturated heterocycles. The van der Waals surface area contributed by atoms with E-state index in [1.54, 1.807) is 42.6 Å². The first-order valence-corrected chi connectivity index (χ1v) is 6.12. The molecule has 0 fully saturated rings. The van der Waals surface area contributed by atoms with Crippen molar-refractivity contribution in [3.05, 3.63) is 59.3 Å². The third kappa shape index (κ3) is 3.33. The van der Waals surface area contributed by atoms with Crippen molar-refractivity contribution in [2.45, 2.75) is 6.42 Å². The average molecular weight is 267 g/mol. The molecule has 5 nitrogen and oxygen atoms in total. The molecule has 0 aliphatic rings. The highest BCUT2D eigenvalue weighted by atomic mass is 16.4. The van der Waals surface area contributed by atoms with Gasteiger partial charge in [0.15, 0.2) is 0 Å². The number of carbonyl (C=O) groups is 1. The maximum Gasteiger partial charge on any atom is 0.335 e. The molecule has 0 atom stereocenters. The van der Waals surface area contributed by atoms with Gasteiger partial charge in [-0.1, -0.05) is 12.1 Å². The van der Waals surface area contributed by atoms with Gasteiger partial charge in [0.2, 0.25) is 0 Å². The SMILES string of the molecule is N#Cc1cccnc1NCCc1ccc(C(=O)O)cc1. The monoisotopic (exact) mass is 267 g/mol. The quantitative estimate of drug-likeness (QED) is 0.868. The molecule has 5 heteroatoms. The normalized spacial score (nSPS) is 9.75. The van der Waals surface area contributed by atoms with Gasteiger partial charge in [-0.2, -0.15) is 5.26 Å². The molecule has 0 radical (unpaired) electrons. The number of anilines is 1. The minimum Gasteiger partial charge on any atom is -0.478 e. The molecular formula is C15H13N3O2. The predicted molar refractivity (Wildman–Crippen MR) is 74.5 cm³/mol. The third-order valence-corrected chi connectivity index (χ3v) is 2.84. The lowest BCUT2D eigenvalue weighted by Gasteiger charge is -2.07. The Morgan fingerprint density at radius 1 is 1.30 bits per heavy atom. The van der Waals surface area contributed by atoms with E-state index in [1.807, 2.05) is 0 Å². The maximum absolute atomic E-state index is 10.7. The third-order valence-electron chi connectivity index (χ3n) is 2.84. The van der Waals surface area contributed by atoms with E-state index in [-0.39, 0.29) is 5.56 Å². The summed E-state index contributed by atoms with van der Waals surface area (Å²) in [5.74, 6) is -0.362. The number of hydrogen-bond donors (Lipinski definition) is 2. The zero-order chi connectivity index (χ0) is 14.4. The Labute approximate surface area is 116 Å². The number of aromatic carboxylic acids is 1. The van der Waals surface area contributed by atoms with Crippen molar-refractivity contribution >= 4 is 11.8 Å². The van der Waals surface area contributed by atoms with Gasteiger partial charge < -0.3 is 10.4 Å². The van der Waals surface area contributed by atoms with Crippen molar-refractivity contribution in [1.29, 1.82) is 5.26 Å². The molecule has 0 spiro atoms. The van der Waals surface area contributed by atoms with Crippen molar-refractivity contribution in [3.63, 3.8) is 0 Å². The van der Waals surface area contributed by atoms with Gasteiger partial charge in [0.05, 0.1) is 11.1 Å². The van der Waals surface area contributed by atoms with Crippen LogP contribution < -0.4 is 5.32 Å². The van der Waals surface area contributed by atoms with Gasteiger partial charge in [0, 0.05) is 12.7 Å². The molecule has 2 N–H and O–H groups in total. The predicted octanol–water partition coefficient (Wildman–Crippen LogP) is 2.31. The minimum atomic E-state index is -0.929. The smallest absolute Gasteiger partial charge is 0.335 e. The van der Waals surface area contributed by atoms with Gasteiger partial charge in [-0.25, -0.2) is 9.78 Å². The summed E-state index contributed by atoms with van der Waals surface area (Å²) in [6, 6.07) is 12.2. The van der Waals surface area contributed by atoms with Crippen LogP contribution in [-0.4, -0.2) is 22.6 Å². The zero-order valence-electron chi connectivity index (χ0n) is 10.7. The second kappa shape index (κ2) is 6.34. The number of pyridine rings is 1. The number of benzene rings is 1. The number of carboxylic acid groups (broad SMARTS) is 1. The van der Waals surface area contributed by atoms with Crippen LogP contribution in [0, 0.1) is 11.3 Å². The van der Waals surface area contributed by atoms with Crippen LogP contribution in [-0.2, 0) is 6.42 Å². The lowest BCUT2D eigenvalue weighted by Crippen LogP contribution is -2.07. The van der Waals surface area contributed by atoms with Gasteiger partial charge in [-0.3, -0.25) is 0 Å². The Kier molecular flexibility index (Phi) is 4.30. The number of carboxylic acids is 1. The summed E-state index contributed by atoms with van der Waals surface area (Å²) in [4.78, 5) is 14.8. The van der Waals surface area contributed by atoms with Crippen LogP contribution in [0.2, 0.25) is 0 Å². The van der Waals surface area contributed by atoms with E-state index < -0.39 is 5.97 Å². The molecule has 0 saturated carbocycles. The first-order chi connectivity index (χ1) is 9.70. The fourth-order valence-electron chi connectivity index (χ4n) is 1.78. The number of hydrogen-bond acceptors (Lipinski definition) is 4. The fourth-order valence-corrected chi connectivity index (χ4v) is 1.78. The molecule has 0 amide bonds. The summed E-state index contributed by atoms with van der Waals surface area (Å²) in [5, 5.41) is 20.8. The summed E-state index contributed by atoms with van der Waals surface area (Å²) in [6.07, 6.45) is 2.35. The molecule has 0 aliphatic heterocycles. The van der Waals surface area contributed by atoms with Gasteiger partial charge in [-0.15, -0.1) is 0 Å². The Morgan fingerprint density at radius 3 is 2.70 bits per heavy atom. The van der Waals surface area contributed by atoms with Gasteiger partial charge >= 0.3 is 5.97 Å². The lowest BCUT2D eigenvalue weighted by molar-refractivity contribution is 0.0697. The van der Waals surface area contributed by atoms with E-state index in [0.717, 1.165) is 12.0 Å². The van der Waals surface area contributed by atoms with Gasteiger partial charge in [0.1, 0.15) is 11.9 Å².